The van der Waals surface area contributed by atoms with Gasteiger partial charge >= 0.3 is 0 Å². The molecule has 0 saturated heterocycles. The van der Waals surface area contributed by atoms with Crippen LogP contribution < -0.4 is 16.7 Å². The van der Waals surface area contributed by atoms with E-state index in [9.17, 15) is 4.79 Å². The molecule has 0 fully saturated rings. The zero-order valence-corrected chi connectivity index (χ0v) is 68.7. The molecule has 586 valence electrons. The largest absolute Gasteiger partial charge is 0.275 e. The van der Waals surface area contributed by atoms with Crippen molar-refractivity contribution in [3.8, 4) is 134 Å². The molecule has 0 unspecified atom stereocenters. The SMILES string of the molecule is CC1(C)c2ccccc2-c2cc3c(cc21)c1ccc(-c2ccccc2)c2c4ccc(-c5cccc(-c6cc(-c7ccccc7)cc(-c7ccc8c(c7)c7cc(-c9cc(-c%10ccccc%10)cc(-c%10ccc(-c%11cccc(-c%12ccc%13c(c%12)c%12cc(-c%14ccccc%14)cc%14c%15ccccc%15c(=O)n%13c%14%12)c%11)cc%10)c9)cc9c%10ccccc%10c(=O)n8c97)c6)c5)cc4c(=O)n3c12. The van der Waals surface area contributed by atoms with Crippen molar-refractivity contribution in [3.05, 3.63) is 449 Å². The maximum Gasteiger partial charge on any atom is 0.263 e. The predicted octanol–water partition coefficient (Wildman–Crippen LogP) is 29.9. The van der Waals surface area contributed by atoms with Gasteiger partial charge in [0.2, 0.25) is 0 Å². The van der Waals surface area contributed by atoms with Crippen molar-refractivity contribution >= 4 is 114 Å². The van der Waals surface area contributed by atoms with E-state index in [1.165, 1.54) is 22.3 Å². The second-order valence-electron chi connectivity index (χ2n) is 34.8. The van der Waals surface area contributed by atoms with Gasteiger partial charge in [0.1, 0.15) is 0 Å². The molecule has 0 bridgehead atoms. The molecule has 0 spiro atoms. The van der Waals surface area contributed by atoms with Gasteiger partial charge in [0.05, 0.1) is 33.1 Å². The van der Waals surface area contributed by atoms with Crippen LogP contribution in [0.4, 0.5) is 0 Å². The second kappa shape index (κ2) is 27.0. The fourth-order valence-corrected chi connectivity index (χ4v) is 21.5. The highest BCUT2D eigenvalue weighted by Gasteiger charge is 2.37. The molecule has 26 rings (SSSR count). The summed E-state index contributed by atoms with van der Waals surface area (Å²) in [6.45, 7) is 4.64. The summed E-state index contributed by atoms with van der Waals surface area (Å²) < 4.78 is 5.90. The molecule has 0 amide bonds. The molecule has 0 aliphatic heterocycles. The number of rotatable bonds is 11. The molecule has 6 aromatic heterocycles. The smallest absolute Gasteiger partial charge is 0.263 e. The molecule has 1 aliphatic carbocycles. The van der Waals surface area contributed by atoms with E-state index in [4.69, 9.17) is 0 Å². The van der Waals surface area contributed by atoms with E-state index < -0.39 is 0 Å². The third-order valence-corrected chi connectivity index (χ3v) is 27.6. The topological polar surface area (TPSA) is 64.4 Å². The first kappa shape index (κ1) is 71.3. The Morgan fingerprint density at radius 1 is 0.167 bits per heavy atom. The van der Waals surface area contributed by atoms with Gasteiger partial charge in [0.15, 0.2) is 0 Å². The molecule has 6 heterocycles. The molecule has 1 aliphatic rings. The quantitative estimate of drug-likeness (QED) is 0.121. The molecular weight excluding hydrogens is 1530 g/mol. The number of benzene rings is 19. The molecule has 0 saturated carbocycles. The number of hydrogen-bond donors (Lipinski definition) is 0. The number of aromatic nitrogens is 3. The number of pyridine rings is 3. The molecule has 6 nitrogen and oxygen atoms in total. The first-order valence-electron chi connectivity index (χ1n) is 43.3. The molecule has 0 radical (unpaired) electrons. The summed E-state index contributed by atoms with van der Waals surface area (Å²) in [4.78, 5) is 45.7. The van der Waals surface area contributed by atoms with Crippen LogP contribution in [0.25, 0.3) is 247 Å². The summed E-state index contributed by atoms with van der Waals surface area (Å²) in [6, 6.07) is 146. The number of hydrogen-bond acceptors (Lipinski definition) is 3. The molecule has 0 atom stereocenters. The highest BCUT2D eigenvalue weighted by Crippen LogP contribution is 2.53. The minimum Gasteiger partial charge on any atom is -0.275 e. The van der Waals surface area contributed by atoms with E-state index in [1.54, 1.807) is 0 Å². The van der Waals surface area contributed by atoms with E-state index in [-0.39, 0.29) is 22.1 Å². The average Bonchev–Trinajstić information content (AvgIpc) is 1.53. The van der Waals surface area contributed by atoms with Crippen LogP contribution in [0.2, 0.25) is 0 Å². The second-order valence-corrected chi connectivity index (χ2v) is 34.8. The van der Waals surface area contributed by atoms with Gasteiger partial charge in [-0.25, -0.2) is 0 Å². The van der Waals surface area contributed by atoms with Crippen molar-refractivity contribution < 1.29 is 0 Å². The van der Waals surface area contributed by atoms with Gasteiger partial charge < -0.3 is 0 Å². The van der Waals surface area contributed by atoms with Gasteiger partial charge in [0, 0.05) is 70.0 Å². The van der Waals surface area contributed by atoms with E-state index in [2.05, 4.69) is 378 Å². The lowest BCUT2D eigenvalue weighted by molar-refractivity contribution is 0.661. The van der Waals surface area contributed by atoms with Crippen LogP contribution in [-0.2, 0) is 5.41 Å². The normalized spacial score (nSPS) is 12.7. The lowest BCUT2D eigenvalue weighted by atomic mass is 9.82. The third-order valence-electron chi connectivity index (χ3n) is 27.6. The summed E-state index contributed by atoms with van der Waals surface area (Å²) >= 11 is 0. The highest BCUT2D eigenvalue weighted by atomic mass is 16.1. The standard InChI is InChI=1S/C120H73N3O3/c1-120(2)108-40-20-19-37-94(108)99-69-112-102(68-109(99)120)96-50-49-91(75-29-13-6-14-30-75)113-95-48-45-80(63-107(95)119(126)123(112)116(96)113)78-33-22-34-79(54-78)86-56-84(71-25-9-4-10-26-71)57-87(60-86)82-47-52-111-101(62-82)106-67-90(66-104-93-36-16-18-39-98(93)118(125)122(111)115(104)106)88-58-83(70-23-7-3-8-24-70)55-85(59-88)74-43-41-73(42-44-74)76-31-21-32-77(53-76)81-46-51-110-100(61-81)105-65-89(72-27-11-5-12-28-72)64-103-92-35-15-17-38-97(92)117(124)121(110)114(103)105/h3-69H,1-2H3. The maximum atomic E-state index is 15.9. The third kappa shape index (κ3) is 10.7. The van der Waals surface area contributed by atoms with Crippen molar-refractivity contribution in [2.75, 3.05) is 0 Å². The van der Waals surface area contributed by atoms with Crippen LogP contribution in [0.3, 0.4) is 0 Å². The van der Waals surface area contributed by atoms with E-state index in [1.807, 2.05) is 55.7 Å². The predicted molar refractivity (Wildman–Crippen MR) is 527 cm³/mol. The van der Waals surface area contributed by atoms with Crippen LogP contribution >= 0.6 is 0 Å². The molecule has 19 aromatic carbocycles. The van der Waals surface area contributed by atoms with Gasteiger partial charge in [-0.2, -0.15) is 0 Å². The Labute approximate surface area is 723 Å². The Balaban J connectivity index is 0.584. The van der Waals surface area contributed by atoms with Crippen molar-refractivity contribution in [2.24, 2.45) is 0 Å². The first-order valence-corrected chi connectivity index (χ1v) is 43.3. The molecule has 126 heavy (non-hydrogen) atoms. The van der Waals surface area contributed by atoms with Crippen molar-refractivity contribution in [3.63, 3.8) is 0 Å². The molecule has 25 aromatic rings. The Hall–Kier alpha value is -16.4. The van der Waals surface area contributed by atoms with Crippen LogP contribution in [0.1, 0.15) is 25.0 Å². The number of nitrogens with zero attached hydrogens (tertiary/aromatic N) is 3. The van der Waals surface area contributed by atoms with E-state index >= 15 is 9.59 Å². The lowest BCUT2D eigenvalue weighted by Gasteiger charge is -2.21. The van der Waals surface area contributed by atoms with E-state index in [0.717, 1.165) is 220 Å². The van der Waals surface area contributed by atoms with Crippen LogP contribution in [0.5, 0.6) is 0 Å². The van der Waals surface area contributed by atoms with E-state index in [0.29, 0.717) is 16.2 Å². The number of fused-ring (bicyclic) bond motifs is 18. The van der Waals surface area contributed by atoms with Crippen LogP contribution in [0, 0.1) is 0 Å². The Morgan fingerprint density at radius 3 is 0.992 bits per heavy atom. The first-order chi connectivity index (χ1) is 61.9. The Morgan fingerprint density at radius 2 is 0.476 bits per heavy atom. The van der Waals surface area contributed by atoms with Crippen LogP contribution in [-0.4, -0.2) is 13.2 Å². The lowest BCUT2D eigenvalue weighted by Crippen LogP contribution is -2.15. The molecular formula is C120H73N3O3. The molecule has 6 heteroatoms. The minimum atomic E-state index is -0.209. The van der Waals surface area contributed by atoms with Gasteiger partial charge in [0.25, 0.3) is 16.7 Å². The maximum absolute atomic E-state index is 15.9. The van der Waals surface area contributed by atoms with Gasteiger partial charge in [-0.05, 0) is 288 Å². The van der Waals surface area contributed by atoms with Gasteiger partial charge in [-0.15, -0.1) is 0 Å². The van der Waals surface area contributed by atoms with Crippen molar-refractivity contribution in [1.29, 1.82) is 0 Å². The van der Waals surface area contributed by atoms with Gasteiger partial charge in [-0.1, -0.05) is 293 Å². The monoisotopic (exact) mass is 1600 g/mol. The van der Waals surface area contributed by atoms with Crippen molar-refractivity contribution in [1.82, 2.24) is 13.2 Å². The summed E-state index contributed by atoms with van der Waals surface area (Å²) in [5.41, 5.74) is 33.6. The summed E-state index contributed by atoms with van der Waals surface area (Å²) in [7, 11) is 0. The summed E-state index contributed by atoms with van der Waals surface area (Å²) in [6.07, 6.45) is 0. The van der Waals surface area contributed by atoms with Gasteiger partial charge in [-0.3, -0.25) is 27.6 Å². The summed E-state index contributed by atoms with van der Waals surface area (Å²) in [5.74, 6) is 0. The Bertz CT molecular complexity index is 9160. The molecule has 0 N–H and O–H groups in total. The Kier molecular flexibility index (Phi) is 15.3. The minimum absolute atomic E-state index is 0.00793. The highest BCUT2D eigenvalue weighted by molar-refractivity contribution is 6.27. The van der Waals surface area contributed by atoms with Crippen molar-refractivity contribution in [2.45, 2.75) is 19.3 Å². The average molecular weight is 1600 g/mol. The summed E-state index contributed by atoms with van der Waals surface area (Å²) in [5, 5.41) is 14.2. The van der Waals surface area contributed by atoms with Crippen LogP contribution in [0.15, 0.2) is 421 Å². The fraction of sp³-hybridized carbons (Fsp3) is 0.0250. The fourth-order valence-electron chi connectivity index (χ4n) is 21.5. The zero-order valence-electron chi connectivity index (χ0n) is 68.7. The zero-order chi connectivity index (χ0) is 83.5.